The van der Waals surface area contributed by atoms with Crippen LogP contribution in [-0.2, 0) is 22.7 Å². The molecule has 1 atom stereocenters. The van der Waals surface area contributed by atoms with E-state index in [4.69, 9.17) is 16.3 Å². The van der Waals surface area contributed by atoms with Gasteiger partial charge in [-0.3, -0.25) is 29.4 Å². The summed E-state index contributed by atoms with van der Waals surface area (Å²) >= 11 is 6.29. The Balaban J connectivity index is 0.777. The van der Waals surface area contributed by atoms with E-state index >= 15 is 0 Å². The Hall–Kier alpha value is -5.36. The third-order valence-electron chi connectivity index (χ3n) is 12.9. The number of benzene rings is 3. The lowest BCUT2D eigenvalue weighted by atomic mass is 9.49. The summed E-state index contributed by atoms with van der Waals surface area (Å²) in [4.78, 5) is 59.4. The Morgan fingerprint density at radius 2 is 1.57 bits per heavy atom. The summed E-state index contributed by atoms with van der Waals surface area (Å²) in [6.45, 7) is 13.1. The topological polar surface area (TPSA) is 126 Å². The fourth-order valence-electron chi connectivity index (χ4n) is 10.4. The molecule has 5 heterocycles. The van der Waals surface area contributed by atoms with Crippen LogP contribution in [0.5, 0.6) is 5.75 Å². The normalized spacial score (nSPS) is 25.3. The van der Waals surface area contributed by atoms with Gasteiger partial charge < -0.3 is 19.4 Å². The van der Waals surface area contributed by atoms with E-state index in [9.17, 15) is 24.4 Å². The molecular formula is C44H43ClN6O5. The van der Waals surface area contributed by atoms with Gasteiger partial charge >= 0.3 is 0 Å². The number of amides is 4. The Kier molecular flexibility index (Phi) is 8.50. The molecular weight excluding hydrogens is 728 g/mol. The quantitative estimate of drug-likeness (QED) is 0.275. The summed E-state index contributed by atoms with van der Waals surface area (Å²) in [7, 11) is 0. The minimum atomic E-state index is -0.611. The third-order valence-corrected chi connectivity index (χ3v) is 13.2. The van der Waals surface area contributed by atoms with Gasteiger partial charge in [0.15, 0.2) is 0 Å². The second kappa shape index (κ2) is 13.1. The Bertz CT molecular complexity index is 2310. The molecule has 4 fully saturated rings. The zero-order chi connectivity index (χ0) is 39.3. The average molecular weight is 771 g/mol. The lowest BCUT2D eigenvalue weighted by molar-refractivity contribution is -0.199. The van der Waals surface area contributed by atoms with Crippen LogP contribution >= 0.6 is 11.6 Å². The molecule has 56 heavy (non-hydrogen) atoms. The molecule has 286 valence electrons. The maximum absolute atomic E-state index is 13.8. The first-order valence-electron chi connectivity index (χ1n) is 19.3. The molecule has 11 nitrogen and oxygen atoms in total. The summed E-state index contributed by atoms with van der Waals surface area (Å²) in [6.07, 6.45) is 0.429. The van der Waals surface area contributed by atoms with Crippen molar-refractivity contribution >= 4 is 40.9 Å². The standard InChI is InChI=1S/C44H43ClN6O5/c1-43(2)41(44(3,4)42(43)56-32-11-9-27(18-46)35(45)17-32)51-22-29-15-25(7-12-33(29)39(51)54)5-6-26-19-48(20-26)31-23-49(24-31)30-10-8-28-21-50(40(55)34(28)16-30)36-13-14-37(52)47-38(36)53/h7-12,15-17,26,31,36,41-42H,13-14,19-24H2,1-4H3,(H,47,52,53)/t36?,41-,42-. The molecule has 3 saturated heterocycles. The van der Waals surface area contributed by atoms with Gasteiger partial charge in [-0.1, -0.05) is 57.2 Å². The van der Waals surface area contributed by atoms with Crippen LogP contribution in [0, 0.1) is 39.9 Å². The van der Waals surface area contributed by atoms with Gasteiger partial charge in [-0.25, -0.2) is 0 Å². The number of hydrogen-bond donors (Lipinski definition) is 1. The van der Waals surface area contributed by atoms with Gasteiger partial charge in [0.05, 0.1) is 10.6 Å². The zero-order valence-corrected chi connectivity index (χ0v) is 32.7. The van der Waals surface area contributed by atoms with Gasteiger partial charge in [-0.2, -0.15) is 5.26 Å². The van der Waals surface area contributed by atoms with E-state index in [2.05, 4.69) is 72.9 Å². The summed E-state index contributed by atoms with van der Waals surface area (Å²) < 4.78 is 6.47. The number of imide groups is 1. The van der Waals surface area contributed by atoms with Gasteiger partial charge in [0.2, 0.25) is 11.8 Å². The van der Waals surface area contributed by atoms with E-state index in [0.717, 1.165) is 54.1 Å². The molecule has 0 radical (unpaired) electrons. The van der Waals surface area contributed by atoms with E-state index in [1.165, 1.54) is 0 Å². The number of ether oxygens (including phenoxy) is 1. The first kappa shape index (κ1) is 36.3. The van der Waals surface area contributed by atoms with Crippen molar-refractivity contribution in [2.24, 2.45) is 16.7 Å². The molecule has 1 unspecified atom stereocenters. The molecule has 12 heteroatoms. The molecule has 4 amide bonds. The van der Waals surface area contributed by atoms with E-state index in [1.54, 1.807) is 23.1 Å². The van der Waals surface area contributed by atoms with Gasteiger partial charge in [0, 0.05) is 103 Å². The Morgan fingerprint density at radius 3 is 2.29 bits per heavy atom. The van der Waals surface area contributed by atoms with Crippen molar-refractivity contribution in [1.29, 1.82) is 5.26 Å². The second-order valence-electron chi connectivity index (χ2n) is 17.3. The highest BCUT2D eigenvalue weighted by Gasteiger charge is 2.67. The number of fused-ring (bicyclic) bond motifs is 2. The smallest absolute Gasteiger partial charge is 0.255 e. The lowest BCUT2D eigenvalue weighted by Gasteiger charge is -2.65. The molecule has 5 aliphatic heterocycles. The number of rotatable bonds is 6. The van der Waals surface area contributed by atoms with Crippen LogP contribution < -0.4 is 15.0 Å². The van der Waals surface area contributed by atoms with Crippen LogP contribution in [0.4, 0.5) is 5.69 Å². The van der Waals surface area contributed by atoms with Crippen LogP contribution in [0.15, 0.2) is 54.6 Å². The molecule has 6 aliphatic rings. The monoisotopic (exact) mass is 770 g/mol. The minimum absolute atomic E-state index is 0.0374. The number of carbonyl (C=O) groups excluding carboxylic acids is 4. The van der Waals surface area contributed by atoms with E-state index < -0.39 is 11.9 Å². The molecule has 3 aromatic carbocycles. The van der Waals surface area contributed by atoms with Crippen molar-refractivity contribution in [3.63, 3.8) is 0 Å². The predicted octanol–water partition coefficient (Wildman–Crippen LogP) is 4.98. The van der Waals surface area contributed by atoms with Crippen molar-refractivity contribution in [2.75, 3.05) is 31.1 Å². The third kappa shape index (κ3) is 5.83. The molecule has 0 bridgehead atoms. The number of piperidine rings is 1. The maximum atomic E-state index is 13.8. The first-order chi connectivity index (χ1) is 26.7. The van der Waals surface area contributed by atoms with E-state index in [0.29, 0.717) is 47.5 Å². The second-order valence-corrected chi connectivity index (χ2v) is 17.7. The molecule has 0 spiro atoms. The van der Waals surface area contributed by atoms with Gasteiger partial charge in [-0.05, 0) is 60.0 Å². The lowest BCUT2D eigenvalue weighted by Crippen LogP contribution is -2.74. The number of nitrogens with one attached hydrogen (secondary N) is 1. The van der Waals surface area contributed by atoms with Crippen LogP contribution in [0.3, 0.4) is 0 Å². The Labute approximate surface area is 331 Å². The molecule has 1 aliphatic carbocycles. The van der Waals surface area contributed by atoms with Crippen LogP contribution in [-0.4, -0.2) is 88.7 Å². The van der Waals surface area contributed by atoms with Gasteiger partial charge in [0.25, 0.3) is 11.8 Å². The molecule has 1 N–H and O–H groups in total. The number of hydrogen-bond acceptors (Lipinski definition) is 8. The molecule has 3 aromatic rings. The maximum Gasteiger partial charge on any atom is 0.255 e. The molecule has 9 rings (SSSR count). The fraction of sp³-hybridized carbons (Fsp3) is 0.432. The van der Waals surface area contributed by atoms with Crippen LogP contribution in [0.1, 0.15) is 83.5 Å². The van der Waals surface area contributed by atoms with Gasteiger partial charge in [0.1, 0.15) is 24.0 Å². The van der Waals surface area contributed by atoms with Crippen molar-refractivity contribution in [3.05, 3.63) is 93.0 Å². The highest BCUT2D eigenvalue weighted by atomic mass is 35.5. The SMILES string of the molecule is CC1(C)[C@H](Oc2ccc(C#N)c(Cl)c2)C(C)(C)[C@H]1N1Cc2cc(C#CC3CN(C4CN(c5ccc6c(c5)C(=O)N(C5CCC(=O)NC5=O)C6)C4)C3)ccc2C1=O. The van der Waals surface area contributed by atoms with Crippen molar-refractivity contribution < 1.29 is 23.9 Å². The van der Waals surface area contributed by atoms with E-state index in [1.807, 2.05) is 29.2 Å². The number of carbonyl (C=O) groups is 4. The molecule has 0 aromatic heterocycles. The zero-order valence-electron chi connectivity index (χ0n) is 31.9. The number of nitriles is 1. The highest BCUT2D eigenvalue weighted by Crippen LogP contribution is 2.59. The summed E-state index contributed by atoms with van der Waals surface area (Å²) in [6, 6.07) is 18.9. The minimum Gasteiger partial charge on any atom is -0.489 e. The highest BCUT2D eigenvalue weighted by molar-refractivity contribution is 6.31. The van der Waals surface area contributed by atoms with Crippen molar-refractivity contribution in [2.45, 2.75) is 77.9 Å². The van der Waals surface area contributed by atoms with Crippen molar-refractivity contribution in [3.8, 4) is 23.7 Å². The fourth-order valence-corrected chi connectivity index (χ4v) is 10.6. The predicted molar refractivity (Wildman–Crippen MR) is 209 cm³/mol. The Morgan fingerprint density at radius 1 is 0.839 bits per heavy atom. The first-order valence-corrected chi connectivity index (χ1v) is 19.7. The average Bonchev–Trinajstić information content (AvgIpc) is 3.61. The van der Waals surface area contributed by atoms with Gasteiger partial charge in [-0.15, -0.1) is 0 Å². The number of halogens is 1. The summed E-state index contributed by atoms with van der Waals surface area (Å²) in [5, 5.41) is 12.0. The molecule has 1 saturated carbocycles. The van der Waals surface area contributed by atoms with Crippen molar-refractivity contribution in [1.82, 2.24) is 20.0 Å². The summed E-state index contributed by atoms with van der Waals surface area (Å²) in [5.74, 6) is 6.96. The number of anilines is 1. The van der Waals surface area contributed by atoms with Crippen LogP contribution in [0.25, 0.3) is 0 Å². The largest absolute Gasteiger partial charge is 0.489 e. The van der Waals surface area contributed by atoms with E-state index in [-0.39, 0.29) is 53.0 Å². The summed E-state index contributed by atoms with van der Waals surface area (Å²) in [5.41, 5.74) is 4.94. The number of nitrogens with zero attached hydrogens (tertiary/aromatic N) is 5. The van der Waals surface area contributed by atoms with Crippen LogP contribution in [0.2, 0.25) is 5.02 Å². The number of likely N-dealkylation sites (tertiary alicyclic amines) is 1.